The minimum absolute atomic E-state index is 0.219. The SMILES string of the molecule is C=CC(c1ccccc1)c1cccc(-c2ccc(Br)cc2)c1. The van der Waals surface area contributed by atoms with Crippen molar-refractivity contribution < 1.29 is 0 Å². The van der Waals surface area contributed by atoms with Gasteiger partial charge in [-0.2, -0.15) is 0 Å². The summed E-state index contributed by atoms with van der Waals surface area (Å²) >= 11 is 3.48. The Kier molecular flexibility index (Phi) is 4.55. The fraction of sp³-hybridized carbons (Fsp3) is 0.0476. The van der Waals surface area contributed by atoms with E-state index in [1.54, 1.807) is 0 Å². The van der Waals surface area contributed by atoms with Gasteiger partial charge in [0.15, 0.2) is 0 Å². The van der Waals surface area contributed by atoms with Gasteiger partial charge in [-0.1, -0.05) is 88.7 Å². The van der Waals surface area contributed by atoms with Crippen LogP contribution in [0.1, 0.15) is 17.0 Å². The zero-order valence-corrected chi connectivity index (χ0v) is 13.8. The van der Waals surface area contributed by atoms with E-state index in [1.807, 2.05) is 12.1 Å². The van der Waals surface area contributed by atoms with Crippen molar-refractivity contribution >= 4 is 15.9 Å². The molecular weight excluding hydrogens is 332 g/mol. The first-order valence-corrected chi connectivity index (χ1v) is 8.10. The van der Waals surface area contributed by atoms with Gasteiger partial charge in [-0.15, -0.1) is 6.58 Å². The molecule has 3 rings (SSSR count). The Bertz CT molecular complexity index is 757. The average molecular weight is 349 g/mol. The van der Waals surface area contributed by atoms with Crippen molar-refractivity contribution in [2.24, 2.45) is 0 Å². The molecule has 22 heavy (non-hydrogen) atoms. The topological polar surface area (TPSA) is 0 Å². The molecule has 0 aliphatic heterocycles. The minimum Gasteiger partial charge on any atom is -0.102 e. The van der Waals surface area contributed by atoms with Crippen molar-refractivity contribution in [3.05, 3.63) is 107 Å². The van der Waals surface area contributed by atoms with Gasteiger partial charge in [0.1, 0.15) is 0 Å². The normalized spacial score (nSPS) is 11.9. The standard InChI is InChI=1S/C21H17Br/c1-2-21(17-7-4-3-5-8-17)19-10-6-9-18(15-19)16-11-13-20(22)14-12-16/h2-15,21H,1H2. The first-order valence-electron chi connectivity index (χ1n) is 7.31. The highest BCUT2D eigenvalue weighted by Crippen LogP contribution is 2.29. The Hall–Kier alpha value is -2.12. The summed E-state index contributed by atoms with van der Waals surface area (Å²) in [7, 11) is 0. The van der Waals surface area contributed by atoms with E-state index in [0.717, 1.165) is 4.47 Å². The van der Waals surface area contributed by atoms with Crippen LogP contribution >= 0.6 is 15.9 Å². The van der Waals surface area contributed by atoms with Crippen LogP contribution in [0.5, 0.6) is 0 Å². The molecule has 0 radical (unpaired) electrons. The molecule has 108 valence electrons. The summed E-state index contributed by atoms with van der Waals surface area (Å²) in [6, 6.07) is 27.6. The van der Waals surface area contributed by atoms with Gasteiger partial charge in [0.25, 0.3) is 0 Å². The third-order valence-electron chi connectivity index (χ3n) is 3.82. The van der Waals surface area contributed by atoms with Crippen molar-refractivity contribution in [3.63, 3.8) is 0 Å². The molecule has 0 saturated heterocycles. The molecule has 0 heterocycles. The number of allylic oxidation sites excluding steroid dienone is 1. The molecule has 1 unspecified atom stereocenters. The monoisotopic (exact) mass is 348 g/mol. The molecule has 0 aromatic heterocycles. The van der Waals surface area contributed by atoms with E-state index in [9.17, 15) is 0 Å². The van der Waals surface area contributed by atoms with E-state index in [1.165, 1.54) is 22.3 Å². The summed E-state index contributed by atoms with van der Waals surface area (Å²) in [5.74, 6) is 0.219. The molecule has 0 aliphatic rings. The zero-order chi connectivity index (χ0) is 15.4. The fourth-order valence-corrected chi connectivity index (χ4v) is 2.94. The van der Waals surface area contributed by atoms with Crippen molar-refractivity contribution in [1.82, 2.24) is 0 Å². The molecule has 0 N–H and O–H groups in total. The lowest BCUT2D eigenvalue weighted by atomic mass is 9.89. The molecule has 1 heteroatoms. The van der Waals surface area contributed by atoms with Crippen LogP contribution in [0.2, 0.25) is 0 Å². The smallest absolute Gasteiger partial charge is 0.0267 e. The van der Waals surface area contributed by atoms with E-state index >= 15 is 0 Å². The first kappa shape index (κ1) is 14.8. The second-order valence-electron chi connectivity index (χ2n) is 5.26. The van der Waals surface area contributed by atoms with Crippen LogP contribution in [0.15, 0.2) is 96.0 Å². The zero-order valence-electron chi connectivity index (χ0n) is 12.2. The molecule has 3 aromatic carbocycles. The van der Waals surface area contributed by atoms with Gasteiger partial charge in [-0.3, -0.25) is 0 Å². The highest BCUT2D eigenvalue weighted by atomic mass is 79.9. The van der Waals surface area contributed by atoms with Gasteiger partial charge in [-0.25, -0.2) is 0 Å². The van der Waals surface area contributed by atoms with E-state index in [0.29, 0.717) is 0 Å². The van der Waals surface area contributed by atoms with Gasteiger partial charge < -0.3 is 0 Å². The van der Waals surface area contributed by atoms with Crippen molar-refractivity contribution in [3.8, 4) is 11.1 Å². The van der Waals surface area contributed by atoms with Crippen molar-refractivity contribution in [2.75, 3.05) is 0 Å². The molecule has 3 aromatic rings. The van der Waals surface area contributed by atoms with E-state index < -0.39 is 0 Å². The second kappa shape index (κ2) is 6.76. The summed E-state index contributed by atoms with van der Waals surface area (Å²) in [4.78, 5) is 0. The molecule has 0 aliphatic carbocycles. The van der Waals surface area contributed by atoms with Crippen molar-refractivity contribution in [1.29, 1.82) is 0 Å². The summed E-state index contributed by atoms with van der Waals surface area (Å²) < 4.78 is 1.10. The molecule has 0 spiro atoms. The Morgan fingerprint density at radius 1 is 0.727 bits per heavy atom. The van der Waals surface area contributed by atoms with Crippen molar-refractivity contribution in [2.45, 2.75) is 5.92 Å². The van der Waals surface area contributed by atoms with Crippen LogP contribution in [-0.2, 0) is 0 Å². The maximum Gasteiger partial charge on any atom is 0.0267 e. The third-order valence-corrected chi connectivity index (χ3v) is 4.35. The maximum absolute atomic E-state index is 4.02. The fourth-order valence-electron chi connectivity index (χ4n) is 2.68. The number of rotatable bonds is 4. The van der Waals surface area contributed by atoms with E-state index in [-0.39, 0.29) is 5.92 Å². The first-order chi connectivity index (χ1) is 10.8. The predicted octanol–water partition coefficient (Wildman–Crippen LogP) is 6.43. The summed E-state index contributed by atoms with van der Waals surface area (Å²) in [5, 5.41) is 0. The van der Waals surface area contributed by atoms with Gasteiger partial charge in [0.2, 0.25) is 0 Å². The van der Waals surface area contributed by atoms with E-state index in [4.69, 9.17) is 0 Å². The van der Waals surface area contributed by atoms with Gasteiger partial charge in [-0.05, 0) is 34.4 Å². The Labute approximate surface area is 140 Å². The largest absolute Gasteiger partial charge is 0.102 e. The van der Waals surface area contributed by atoms with Crippen LogP contribution in [0.25, 0.3) is 11.1 Å². The molecule has 0 fully saturated rings. The number of hydrogen-bond donors (Lipinski definition) is 0. The molecule has 0 amide bonds. The van der Waals surface area contributed by atoms with Crippen LogP contribution < -0.4 is 0 Å². The van der Waals surface area contributed by atoms with Crippen LogP contribution in [0, 0.1) is 0 Å². The third kappa shape index (κ3) is 3.20. The molecule has 0 bridgehead atoms. The lowest BCUT2D eigenvalue weighted by Gasteiger charge is -2.15. The van der Waals surface area contributed by atoms with Gasteiger partial charge in [0, 0.05) is 10.4 Å². The Balaban J connectivity index is 2.00. The average Bonchev–Trinajstić information content (AvgIpc) is 2.57. The summed E-state index contributed by atoms with van der Waals surface area (Å²) in [5.41, 5.74) is 4.99. The Morgan fingerprint density at radius 2 is 1.41 bits per heavy atom. The lowest BCUT2D eigenvalue weighted by molar-refractivity contribution is 1.03. The maximum atomic E-state index is 4.02. The molecule has 0 saturated carbocycles. The summed E-state index contributed by atoms with van der Waals surface area (Å²) in [6.45, 7) is 4.02. The summed E-state index contributed by atoms with van der Waals surface area (Å²) in [6.07, 6.45) is 2.01. The van der Waals surface area contributed by atoms with Crippen LogP contribution in [0.4, 0.5) is 0 Å². The van der Waals surface area contributed by atoms with Gasteiger partial charge in [0.05, 0.1) is 0 Å². The predicted molar refractivity (Wildman–Crippen MR) is 98.1 cm³/mol. The number of halogens is 1. The Morgan fingerprint density at radius 3 is 2.09 bits per heavy atom. The minimum atomic E-state index is 0.219. The highest BCUT2D eigenvalue weighted by molar-refractivity contribution is 9.10. The molecule has 0 nitrogen and oxygen atoms in total. The molecule has 1 atom stereocenters. The lowest BCUT2D eigenvalue weighted by Crippen LogP contribution is -1.97. The van der Waals surface area contributed by atoms with Crippen LogP contribution in [-0.4, -0.2) is 0 Å². The van der Waals surface area contributed by atoms with Gasteiger partial charge >= 0.3 is 0 Å². The highest BCUT2D eigenvalue weighted by Gasteiger charge is 2.10. The van der Waals surface area contributed by atoms with Crippen LogP contribution in [0.3, 0.4) is 0 Å². The number of benzene rings is 3. The number of hydrogen-bond acceptors (Lipinski definition) is 0. The van der Waals surface area contributed by atoms with E-state index in [2.05, 4.69) is 95.3 Å². The quantitative estimate of drug-likeness (QED) is 0.476. The second-order valence-corrected chi connectivity index (χ2v) is 6.17. The molecular formula is C21H17Br.